The summed E-state index contributed by atoms with van der Waals surface area (Å²) in [6.45, 7) is 2.79. The largest absolute Gasteiger partial charge is 0.385 e. The van der Waals surface area contributed by atoms with Gasteiger partial charge in [-0.05, 0) is 31.5 Å². The molecule has 0 saturated heterocycles. The second-order valence-corrected chi connectivity index (χ2v) is 6.48. The third kappa shape index (κ3) is 1.55. The van der Waals surface area contributed by atoms with Crippen LogP contribution in [0.2, 0.25) is 0 Å². The normalized spacial score (nSPS) is 23.8. The molecule has 0 amide bonds. The fourth-order valence-electron chi connectivity index (χ4n) is 3.02. The molecule has 0 aliphatic carbocycles. The van der Waals surface area contributed by atoms with Crippen LogP contribution in [-0.4, -0.2) is 11.7 Å². The maximum Gasteiger partial charge on any atom is 0.0906 e. The highest BCUT2D eigenvalue weighted by Gasteiger charge is 2.37. The fraction of sp³-hybridized carbons (Fsp3) is 0.250. The van der Waals surface area contributed by atoms with Crippen molar-refractivity contribution in [2.75, 3.05) is 11.4 Å². The van der Waals surface area contributed by atoms with Gasteiger partial charge < -0.3 is 10.0 Å². The molecule has 2 aliphatic rings. The third-order valence-electron chi connectivity index (χ3n) is 4.05. The average molecular weight is 269 g/mol. The standard InChI is InChI=1S/C16H15NOS/c1-16(18)9-10-17-12-6-2-3-7-13(12)19-14-8-4-5-11(16)15(14)17/h2-8,18H,9-10H2,1H3. The topological polar surface area (TPSA) is 23.5 Å². The molecule has 0 aromatic heterocycles. The first kappa shape index (κ1) is 11.4. The molecule has 1 N–H and O–H groups in total. The fourth-order valence-corrected chi connectivity index (χ4v) is 4.15. The molecule has 4 rings (SSSR count). The Hall–Kier alpha value is -1.45. The minimum atomic E-state index is -0.714. The van der Waals surface area contributed by atoms with Crippen LogP contribution in [0.1, 0.15) is 18.9 Å². The Labute approximate surface area is 117 Å². The third-order valence-corrected chi connectivity index (χ3v) is 5.16. The second kappa shape index (κ2) is 3.78. The molecule has 2 heterocycles. The molecule has 0 fully saturated rings. The van der Waals surface area contributed by atoms with Gasteiger partial charge in [0.15, 0.2) is 0 Å². The van der Waals surface area contributed by atoms with Crippen molar-refractivity contribution < 1.29 is 5.11 Å². The van der Waals surface area contributed by atoms with Crippen molar-refractivity contribution in [1.29, 1.82) is 0 Å². The molecule has 2 nitrogen and oxygen atoms in total. The van der Waals surface area contributed by atoms with E-state index < -0.39 is 5.60 Å². The van der Waals surface area contributed by atoms with Crippen molar-refractivity contribution in [3.8, 4) is 0 Å². The summed E-state index contributed by atoms with van der Waals surface area (Å²) in [5.41, 5.74) is 2.80. The van der Waals surface area contributed by atoms with Crippen LogP contribution >= 0.6 is 11.8 Å². The Morgan fingerprint density at radius 3 is 2.79 bits per heavy atom. The number of benzene rings is 2. The Balaban J connectivity index is 1.99. The van der Waals surface area contributed by atoms with Crippen molar-refractivity contribution in [3.63, 3.8) is 0 Å². The number of para-hydroxylation sites is 2. The molecule has 2 aromatic rings. The molecular formula is C16H15NOS. The average Bonchev–Trinajstić information content (AvgIpc) is 2.42. The first-order chi connectivity index (χ1) is 9.17. The zero-order valence-electron chi connectivity index (χ0n) is 10.8. The summed E-state index contributed by atoms with van der Waals surface area (Å²) < 4.78 is 0. The van der Waals surface area contributed by atoms with Crippen LogP contribution in [0.25, 0.3) is 0 Å². The van der Waals surface area contributed by atoms with Crippen molar-refractivity contribution >= 4 is 23.1 Å². The lowest BCUT2D eigenvalue weighted by Crippen LogP contribution is -2.37. The summed E-state index contributed by atoms with van der Waals surface area (Å²) in [7, 11) is 0. The highest BCUT2D eigenvalue weighted by molar-refractivity contribution is 7.99. The van der Waals surface area contributed by atoms with E-state index >= 15 is 0 Å². The number of anilines is 2. The van der Waals surface area contributed by atoms with Crippen LogP contribution < -0.4 is 4.90 Å². The zero-order valence-corrected chi connectivity index (χ0v) is 11.6. The van der Waals surface area contributed by atoms with Crippen molar-refractivity contribution in [3.05, 3.63) is 48.0 Å². The minimum absolute atomic E-state index is 0.714. The smallest absolute Gasteiger partial charge is 0.0906 e. The summed E-state index contributed by atoms with van der Waals surface area (Å²) in [6, 6.07) is 14.8. The van der Waals surface area contributed by atoms with Gasteiger partial charge in [0.25, 0.3) is 0 Å². The first-order valence-electron chi connectivity index (χ1n) is 6.57. The summed E-state index contributed by atoms with van der Waals surface area (Å²) in [5.74, 6) is 0. The van der Waals surface area contributed by atoms with E-state index in [9.17, 15) is 5.11 Å². The van der Waals surface area contributed by atoms with Gasteiger partial charge in [0, 0.05) is 21.9 Å². The molecule has 96 valence electrons. The summed E-state index contributed by atoms with van der Waals surface area (Å²) >= 11 is 1.80. The summed E-state index contributed by atoms with van der Waals surface area (Å²) in [5, 5.41) is 10.6. The number of aliphatic hydroxyl groups is 1. The second-order valence-electron chi connectivity index (χ2n) is 5.40. The van der Waals surface area contributed by atoms with Crippen LogP contribution in [0.3, 0.4) is 0 Å². The Morgan fingerprint density at radius 2 is 1.89 bits per heavy atom. The molecule has 1 unspecified atom stereocenters. The lowest BCUT2D eigenvalue weighted by molar-refractivity contribution is 0.0463. The minimum Gasteiger partial charge on any atom is -0.385 e. The van der Waals surface area contributed by atoms with Crippen LogP contribution in [0.4, 0.5) is 11.4 Å². The highest BCUT2D eigenvalue weighted by atomic mass is 32.2. The molecule has 2 aliphatic heterocycles. The molecule has 1 atom stereocenters. The predicted molar refractivity (Wildman–Crippen MR) is 78.2 cm³/mol. The lowest BCUT2D eigenvalue weighted by Gasteiger charge is -2.42. The molecule has 0 radical (unpaired) electrons. The van der Waals surface area contributed by atoms with Gasteiger partial charge in [0.05, 0.1) is 17.0 Å². The van der Waals surface area contributed by atoms with Gasteiger partial charge in [-0.3, -0.25) is 0 Å². The van der Waals surface area contributed by atoms with Crippen LogP contribution in [-0.2, 0) is 5.60 Å². The number of nitrogens with zero attached hydrogens (tertiary/aromatic N) is 1. The van der Waals surface area contributed by atoms with Crippen molar-refractivity contribution in [2.45, 2.75) is 28.7 Å². The number of hydrogen-bond donors (Lipinski definition) is 1. The number of fused-ring (bicyclic) bond motifs is 2. The van der Waals surface area contributed by atoms with Gasteiger partial charge in [-0.25, -0.2) is 0 Å². The zero-order chi connectivity index (χ0) is 13.0. The summed E-state index contributed by atoms with van der Waals surface area (Å²) in [6.07, 6.45) is 0.766. The quantitative estimate of drug-likeness (QED) is 0.784. The van der Waals surface area contributed by atoms with E-state index in [0.717, 1.165) is 18.5 Å². The van der Waals surface area contributed by atoms with Gasteiger partial charge in [0.1, 0.15) is 0 Å². The molecular weight excluding hydrogens is 254 g/mol. The molecule has 0 saturated carbocycles. The Kier molecular flexibility index (Phi) is 2.26. The van der Waals surface area contributed by atoms with E-state index in [-0.39, 0.29) is 0 Å². The molecule has 19 heavy (non-hydrogen) atoms. The molecule has 0 bridgehead atoms. The lowest BCUT2D eigenvalue weighted by atomic mass is 9.86. The Morgan fingerprint density at radius 1 is 1.11 bits per heavy atom. The van der Waals surface area contributed by atoms with Gasteiger partial charge in [-0.1, -0.05) is 36.0 Å². The maximum atomic E-state index is 10.6. The van der Waals surface area contributed by atoms with E-state index in [1.807, 2.05) is 13.0 Å². The highest BCUT2D eigenvalue weighted by Crippen LogP contribution is 2.53. The summed E-state index contributed by atoms with van der Waals surface area (Å²) in [4.78, 5) is 4.90. The number of rotatable bonds is 0. The van der Waals surface area contributed by atoms with Gasteiger partial charge in [-0.2, -0.15) is 0 Å². The molecule has 0 spiro atoms. The van der Waals surface area contributed by atoms with Crippen LogP contribution in [0.15, 0.2) is 52.3 Å². The van der Waals surface area contributed by atoms with Crippen LogP contribution in [0.5, 0.6) is 0 Å². The van der Waals surface area contributed by atoms with Crippen LogP contribution in [0, 0.1) is 0 Å². The predicted octanol–water partition coefficient (Wildman–Crippen LogP) is 3.90. The van der Waals surface area contributed by atoms with Gasteiger partial charge >= 0.3 is 0 Å². The van der Waals surface area contributed by atoms with E-state index in [1.165, 1.54) is 21.2 Å². The number of hydrogen-bond acceptors (Lipinski definition) is 3. The van der Waals surface area contributed by atoms with Crippen molar-refractivity contribution in [1.82, 2.24) is 0 Å². The SMILES string of the molecule is CC1(O)CCN2c3ccccc3Sc3cccc1c32. The Bertz CT molecular complexity index is 666. The monoisotopic (exact) mass is 269 g/mol. The van der Waals surface area contributed by atoms with E-state index in [4.69, 9.17) is 0 Å². The first-order valence-corrected chi connectivity index (χ1v) is 7.39. The van der Waals surface area contributed by atoms with E-state index in [1.54, 1.807) is 11.8 Å². The van der Waals surface area contributed by atoms with E-state index in [2.05, 4.69) is 41.3 Å². The molecule has 2 aromatic carbocycles. The van der Waals surface area contributed by atoms with E-state index in [0.29, 0.717) is 0 Å². The van der Waals surface area contributed by atoms with Crippen molar-refractivity contribution in [2.24, 2.45) is 0 Å². The molecule has 3 heteroatoms. The van der Waals surface area contributed by atoms with Gasteiger partial charge in [-0.15, -0.1) is 0 Å². The van der Waals surface area contributed by atoms with Gasteiger partial charge in [0.2, 0.25) is 0 Å². The maximum absolute atomic E-state index is 10.6.